The fourth-order valence-corrected chi connectivity index (χ4v) is 2.13. The minimum atomic E-state index is -0.961. The van der Waals surface area contributed by atoms with Gasteiger partial charge >= 0.3 is 5.97 Å². The van der Waals surface area contributed by atoms with Crippen molar-refractivity contribution in [3.05, 3.63) is 0 Å². The number of rotatable bonds is 6. The number of carbonyl (C=O) groups is 2. The number of hydrogen-bond acceptors (Lipinski definition) is 4. The van der Waals surface area contributed by atoms with Crippen LogP contribution in [0.3, 0.4) is 0 Å². The van der Waals surface area contributed by atoms with E-state index >= 15 is 0 Å². The predicted molar refractivity (Wildman–Crippen MR) is 68.2 cm³/mol. The van der Waals surface area contributed by atoms with Gasteiger partial charge in [-0.25, -0.2) is 0 Å². The van der Waals surface area contributed by atoms with Crippen LogP contribution in [-0.2, 0) is 9.59 Å². The van der Waals surface area contributed by atoms with Gasteiger partial charge in [0.05, 0.1) is 6.54 Å². The first-order chi connectivity index (χ1) is 8.52. The summed E-state index contributed by atoms with van der Waals surface area (Å²) in [6.45, 7) is 4.17. The lowest BCUT2D eigenvalue weighted by Crippen LogP contribution is -2.47. The summed E-state index contributed by atoms with van der Waals surface area (Å²) in [5.41, 5.74) is 5.80. The van der Waals surface area contributed by atoms with Crippen LogP contribution in [-0.4, -0.2) is 65.5 Å². The minimum Gasteiger partial charge on any atom is -0.480 e. The average Bonchev–Trinajstić information content (AvgIpc) is 2.31. The standard InChI is InChI=1S/C12H23N3O3/c1-2-5-15(9-12(17)18)11(16)8-14-6-3-10(13)4-7-14/h10H,2-9,13H2,1H3,(H,17,18). The molecule has 0 aromatic rings. The van der Waals surface area contributed by atoms with E-state index in [1.807, 2.05) is 6.92 Å². The summed E-state index contributed by atoms with van der Waals surface area (Å²) in [7, 11) is 0. The molecule has 1 amide bonds. The normalized spacial score (nSPS) is 17.7. The maximum Gasteiger partial charge on any atom is 0.323 e. The molecule has 0 bridgehead atoms. The molecule has 0 radical (unpaired) electrons. The summed E-state index contributed by atoms with van der Waals surface area (Å²) < 4.78 is 0. The molecule has 0 spiro atoms. The van der Waals surface area contributed by atoms with E-state index in [1.165, 1.54) is 4.90 Å². The number of piperidine rings is 1. The molecule has 18 heavy (non-hydrogen) atoms. The molecule has 0 unspecified atom stereocenters. The minimum absolute atomic E-state index is 0.102. The van der Waals surface area contributed by atoms with Gasteiger partial charge in [-0.2, -0.15) is 0 Å². The molecule has 0 atom stereocenters. The number of nitrogens with zero attached hydrogens (tertiary/aromatic N) is 2. The van der Waals surface area contributed by atoms with E-state index in [-0.39, 0.29) is 18.5 Å². The smallest absolute Gasteiger partial charge is 0.323 e. The van der Waals surface area contributed by atoms with Crippen molar-refractivity contribution in [2.75, 3.05) is 32.7 Å². The van der Waals surface area contributed by atoms with Gasteiger partial charge in [-0.15, -0.1) is 0 Å². The number of carbonyl (C=O) groups excluding carboxylic acids is 1. The third-order valence-corrected chi connectivity index (χ3v) is 3.16. The Labute approximate surface area is 108 Å². The van der Waals surface area contributed by atoms with Crippen molar-refractivity contribution in [1.82, 2.24) is 9.80 Å². The summed E-state index contributed by atoms with van der Waals surface area (Å²) >= 11 is 0. The molecule has 0 aromatic carbocycles. The molecule has 1 aliphatic rings. The maximum atomic E-state index is 12.0. The van der Waals surface area contributed by atoms with Crippen LogP contribution in [0.25, 0.3) is 0 Å². The van der Waals surface area contributed by atoms with Gasteiger partial charge in [0.2, 0.25) is 5.91 Å². The van der Waals surface area contributed by atoms with Crippen LogP contribution in [0.5, 0.6) is 0 Å². The predicted octanol–water partition coefficient (Wildman–Crippen LogP) is -0.267. The summed E-state index contributed by atoms with van der Waals surface area (Å²) in [5.74, 6) is -1.06. The van der Waals surface area contributed by atoms with Crippen molar-refractivity contribution in [3.8, 4) is 0 Å². The van der Waals surface area contributed by atoms with Gasteiger partial charge in [0.25, 0.3) is 0 Å². The Morgan fingerprint density at radius 2 is 2.00 bits per heavy atom. The van der Waals surface area contributed by atoms with E-state index in [0.29, 0.717) is 13.1 Å². The van der Waals surface area contributed by atoms with Crippen molar-refractivity contribution in [1.29, 1.82) is 0 Å². The second-order valence-corrected chi connectivity index (χ2v) is 4.82. The van der Waals surface area contributed by atoms with E-state index in [2.05, 4.69) is 4.90 Å². The van der Waals surface area contributed by atoms with E-state index in [4.69, 9.17) is 10.8 Å². The van der Waals surface area contributed by atoms with E-state index in [1.54, 1.807) is 0 Å². The van der Waals surface area contributed by atoms with Crippen molar-refractivity contribution < 1.29 is 14.7 Å². The number of hydrogen-bond donors (Lipinski definition) is 2. The molecular formula is C12H23N3O3. The lowest BCUT2D eigenvalue weighted by molar-refractivity contribution is -0.145. The van der Waals surface area contributed by atoms with Crippen molar-refractivity contribution >= 4 is 11.9 Å². The first-order valence-corrected chi connectivity index (χ1v) is 6.50. The van der Waals surface area contributed by atoms with Crippen LogP contribution in [0.4, 0.5) is 0 Å². The largest absolute Gasteiger partial charge is 0.480 e. The zero-order chi connectivity index (χ0) is 13.5. The molecule has 1 aliphatic heterocycles. The van der Waals surface area contributed by atoms with Crippen LogP contribution in [0, 0.1) is 0 Å². The highest BCUT2D eigenvalue weighted by atomic mass is 16.4. The fraction of sp³-hybridized carbons (Fsp3) is 0.833. The van der Waals surface area contributed by atoms with Crippen molar-refractivity contribution in [2.24, 2.45) is 5.73 Å². The highest BCUT2D eigenvalue weighted by Gasteiger charge is 2.22. The number of likely N-dealkylation sites (tertiary alicyclic amines) is 1. The van der Waals surface area contributed by atoms with Crippen molar-refractivity contribution in [2.45, 2.75) is 32.2 Å². The van der Waals surface area contributed by atoms with Gasteiger partial charge in [-0.1, -0.05) is 6.92 Å². The summed E-state index contributed by atoms with van der Waals surface area (Å²) in [5, 5.41) is 8.78. The van der Waals surface area contributed by atoms with Crippen LogP contribution >= 0.6 is 0 Å². The van der Waals surface area contributed by atoms with E-state index in [9.17, 15) is 9.59 Å². The fourth-order valence-electron chi connectivity index (χ4n) is 2.13. The molecule has 0 aliphatic carbocycles. The van der Waals surface area contributed by atoms with Gasteiger partial charge in [0.15, 0.2) is 0 Å². The van der Waals surface area contributed by atoms with Gasteiger partial charge in [-0.3, -0.25) is 14.5 Å². The quantitative estimate of drug-likeness (QED) is 0.684. The highest BCUT2D eigenvalue weighted by Crippen LogP contribution is 2.08. The average molecular weight is 257 g/mol. The molecule has 0 aromatic heterocycles. The summed E-state index contributed by atoms with van der Waals surface area (Å²) in [4.78, 5) is 26.2. The Morgan fingerprint density at radius 1 is 1.39 bits per heavy atom. The number of amides is 1. The highest BCUT2D eigenvalue weighted by molar-refractivity contribution is 5.82. The third kappa shape index (κ3) is 5.01. The first-order valence-electron chi connectivity index (χ1n) is 6.50. The first kappa shape index (κ1) is 14.9. The zero-order valence-corrected chi connectivity index (χ0v) is 11.0. The number of carboxylic acid groups (broad SMARTS) is 1. The molecule has 1 fully saturated rings. The molecule has 3 N–H and O–H groups in total. The van der Waals surface area contributed by atoms with Crippen LogP contribution in [0.15, 0.2) is 0 Å². The Bertz CT molecular complexity index is 288. The van der Waals surface area contributed by atoms with Crippen LogP contribution in [0.1, 0.15) is 26.2 Å². The van der Waals surface area contributed by atoms with Gasteiger partial charge in [0.1, 0.15) is 6.54 Å². The lowest BCUT2D eigenvalue weighted by Gasteiger charge is -2.31. The Hall–Kier alpha value is -1.14. The monoisotopic (exact) mass is 257 g/mol. The second kappa shape index (κ2) is 7.33. The van der Waals surface area contributed by atoms with E-state index in [0.717, 1.165) is 32.4 Å². The van der Waals surface area contributed by atoms with Crippen LogP contribution in [0.2, 0.25) is 0 Å². The Morgan fingerprint density at radius 3 is 2.50 bits per heavy atom. The number of aliphatic carboxylic acids is 1. The number of carboxylic acids is 1. The zero-order valence-electron chi connectivity index (χ0n) is 11.0. The third-order valence-electron chi connectivity index (χ3n) is 3.16. The SMILES string of the molecule is CCCN(CC(=O)O)C(=O)CN1CCC(N)CC1. The van der Waals surface area contributed by atoms with Gasteiger partial charge in [-0.05, 0) is 19.3 Å². The summed E-state index contributed by atoms with van der Waals surface area (Å²) in [6, 6.07) is 0.238. The molecule has 1 heterocycles. The van der Waals surface area contributed by atoms with Gasteiger partial charge < -0.3 is 15.7 Å². The molecule has 6 heteroatoms. The van der Waals surface area contributed by atoms with Crippen molar-refractivity contribution in [3.63, 3.8) is 0 Å². The van der Waals surface area contributed by atoms with E-state index < -0.39 is 5.97 Å². The Balaban J connectivity index is 2.42. The molecule has 6 nitrogen and oxygen atoms in total. The topological polar surface area (TPSA) is 86.9 Å². The molecule has 1 saturated heterocycles. The number of nitrogens with two attached hydrogens (primary N) is 1. The molecule has 104 valence electrons. The Kier molecular flexibility index (Phi) is 6.07. The van der Waals surface area contributed by atoms with Gasteiger partial charge in [0, 0.05) is 25.7 Å². The summed E-state index contributed by atoms with van der Waals surface area (Å²) in [6.07, 6.45) is 2.57. The second-order valence-electron chi connectivity index (χ2n) is 4.82. The molecule has 0 saturated carbocycles. The lowest BCUT2D eigenvalue weighted by atomic mass is 10.1. The molecular weight excluding hydrogens is 234 g/mol. The maximum absolute atomic E-state index is 12.0. The van der Waals surface area contributed by atoms with Crippen LogP contribution < -0.4 is 5.73 Å². The molecule has 1 rings (SSSR count).